The van der Waals surface area contributed by atoms with Gasteiger partial charge in [0.15, 0.2) is 0 Å². The highest BCUT2D eigenvalue weighted by molar-refractivity contribution is 5.77. The Bertz CT molecular complexity index is 104. The summed E-state index contributed by atoms with van der Waals surface area (Å²) < 4.78 is 0. The molecule has 0 aliphatic carbocycles. The molecule has 0 aliphatic heterocycles. The van der Waals surface area contributed by atoms with E-state index in [0.29, 0.717) is 0 Å². The lowest BCUT2D eigenvalue weighted by atomic mass is 10.3. The van der Waals surface area contributed by atoms with E-state index in [-0.39, 0.29) is 0 Å². The van der Waals surface area contributed by atoms with Gasteiger partial charge in [-0.25, -0.2) is 0 Å². The van der Waals surface area contributed by atoms with Crippen LogP contribution in [0.2, 0.25) is 0 Å². The highest BCUT2D eigenvalue weighted by atomic mass is 15.3. The summed E-state index contributed by atoms with van der Waals surface area (Å²) in [6.07, 6.45) is 3.78. The van der Waals surface area contributed by atoms with E-state index in [1.807, 2.05) is 33.8 Å². The first-order valence-electron chi connectivity index (χ1n) is 3.64. The molecule has 0 aliphatic rings. The summed E-state index contributed by atoms with van der Waals surface area (Å²) in [4.78, 5) is 0. The second kappa shape index (κ2) is 11.1. The van der Waals surface area contributed by atoms with E-state index in [2.05, 4.69) is 10.5 Å². The molecule has 0 rings (SSSR count). The smallest absolute Gasteiger partial charge is 0.0493 e. The molecule has 0 aromatic heterocycles. The molecule has 2 heteroatoms. The Morgan fingerprint density at radius 2 is 1.90 bits per heavy atom. The number of nitrogens with zero attached hydrogens (tertiary/aromatic N) is 1. The second-order valence-corrected chi connectivity index (χ2v) is 1.51. The zero-order valence-electron chi connectivity index (χ0n) is 7.60. The zero-order valence-corrected chi connectivity index (χ0v) is 7.60. The number of allylic oxidation sites excluding steroid dienone is 2. The fourth-order valence-corrected chi connectivity index (χ4v) is 0.241. The molecule has 0 unspecified atom stereocenters. The molecule has 0 amide bonds. The third kappa shape index (κ3) is 10.2. The van der Waals surface area contributed by atoms with Gasteiger partial charge in [0.05, 0.1) is 0 Å². The monoisotopic (exact) mass is 142 g/mol. The Balaban J connectivity index is 0. The van der Waals surface area contributed by atoms with Gasteiger partial charge in [0.25, 0.3) is 0 Å². The van der Waals surface area contributed by atoms with Crippen molar-refractivity contribution < 1.29 is 0 Å². The van der Waals surface area contributed by atoms with Gasteiger partial charge in [-0.15, -0.1) is 0 Å². The maximum absolute atomic E-state index is 3.80. The quantitative estimate of drug-likeness (QED) is 0.464. The van der Waals surface area contributed by atoms with Gasteiger partial charge in [-0.3, -0.25) is 0 Å². The fourth-order valence-electron chi connectivity index (χ4n) is 0.241. The average molecular weight is 142 g/mol. The lowest BCUT2D eigenvalue weighted by molar-refractivity contribution is 0.907. The van der Waals surface area contributed by atoms with E-state index in [1.54, 1.807) is 13.3 Å². The third-order valence-corrected chi connectivity index (χ3v) is 0.853. The Labute approximate surface area is 64.0 Å². The van der Waals surface area contributed by atoms with Crippen molar-refractivity contribution in [1.29, 1.82) is 0 Å². The van der Waals surface area contributed by atoms with Crippen LogP contribution in [0.4, 0.5) is 0 Å². The Kier molecular flexibility index (Phi) is 13.2. The summed E-state index contributed by atoms with van der Waals surface area (Å²) in [6.45, 7) is 7.98. The zero-order chi connectivity index (χ0) is 8.41. The molecule has 0 saturated carbocycles. The number of nitrogens with one attached hydrogen (secondary N) is 1. The summed E-state index contributed by atoms with van der Waals surface area (Å²) in [7, 11) is 1.78. The predicted molar refractivity (Wildman–Crippen MR) is 48.3 cm³/mol. The van der Waals surface area contributed by atoms with Crippen molar-refractivity contribution in [2.24, 2.45) is 5.10 Å². The normalized spacial score (nSPS) is 10.7. The Morgan fingerprint density at radius 3 is 2.20 bits per heavy atom. The van der Waals surface area contributed by atoms with Gasteiger partial charge in [0.2, 0.25) is 0 Å². The van der Waals surface area contributed by atoms with Gasteiger partial charge in [0, 0.05) is 13.3 Å². The lowest BCUT2D eigenvalue weighted by Crippen LogP contribution is -1.93. The standard InChI is InChI=1S/C6H12N2.C2H6/c1-4-6(2)5-8-7-3;1-2/h4-5,7H,1-3H3;1-2H3/b6-4-,8-5-;. The summed E-state index contributed by atoms with van der Waals surface area (Å²) >= 11 is 0. The van der Waals surface area contributed by atoms with Crippen LogP contribution in [0, 0.1) is 0 Å². The molecule has 10 heavy (non-hydrogen) atoms. The number of hydrogen-bond donors (Lipinski definition) is 1. The molecule has 2 nitrogen and oxygen atoms in total. The average Bonchev–Trinajstić information content (AvgIpc) is 2.04. The summed E-state index contributed by atoms with van der Waals surface area (Å²) in [6, 6.07) is 0. The van der Waals surface area contributed by atoms with Crippen molar-refractivity contribution in [3.63, 3.8) is 0 Å². The number of hydrogen-bond acceptors (Lipinski definition) is 2. The first kappa shape index (κ1) is 11.9. The van der Waals surface area contributed by atoms with E-state index in [1.165, 1.54) is 5.57 Å². The third-order valence-electron chi connectivity index (χ3n) is 0.853. The Morgan fingerprint density at radius 1 is 1.40 bits per heavy atom. The van der Waals surface area contributed by atoms with Crippen molar-refractivity contribution >= 4 is 6.21 Å². The molecule has 0 radical (unpaired) electrons. The summed E-state index contributed by atoms with van der Waals surface area (Å²) in [5, 5.41) is 3.80. The van der Waals surface area contributed by atoms with Gasteiger partial charge in [-0.1, -0.05) is 19.9 Å². The van der Waals surface area contributed by atoms with E-state index in [9.17, 15) is 0 Å². The van der Waals surface area contributed by atoms with Crippen LogP contribution in [0.3, 0.4) is 0 Å². The number of rotatable bonds is 2. The molecule has 0 aromatic rings. The molecular weight excluding hydrogens is 124 g/mol. The van der Waals surface area contributed by atoms with E-state index < -0.39 is 0 Å². The minimum absolute atomic E-state index is 1.17. The van der Waals surface area contributed by atoms with Crippen LogP contribution < -0.4 is 5.43 Å². The van der Waals surface area contributed by atoms with Crippen molar-refractivity contribution in [2.45, 2.75) is 27.7 Å². The minimum Gasteiger partial charge on any atom is -0.313 e. The van der Waals surface area contributed by atoms with Gasteiger partial charge in [-0.2, -0.15) is 5.10 Å². The highest BCUT2D eigenvalue weighted by Crippen LogP contribution is 1.82. The van der Waals surface area contributed by atoms with E-state index in [4.69, 9.17) is 0 Å². The molecule has 0 atom stereocenters. The first-order valence-corrected chi connectivity index (χ1v) is 3.64. The predicted octanol–water partition coefficient (Wildman–Crippen LogP) is 2.18. The van der Waals surface area contributed by atoms with Crippen molar-refractivity contribution in [1.82, 2.24) is 5.43 Å². The van der Waals surface area contributed by atoms with Crippen molar-refractivity contribution in [3.8, 4) is 0 Å². The maximum Gasteiger partial charge on any atom is 0.0493 e. The van der Waals surface area contributed by atoms with Crippen LogP contribution in [0.1, 0.15) is 27.7 Å². The minimum atomic E-state index is 1.17. The first-order chi connectivity index (χ1) is 4.81. The second-order valence-electron chi connectivity index (χ2n) is 1.51. The molecule has 0 saturated heterocycles. The molecule has 0 fully saturated rings. The largest absolute Gasteiger partial charge is 0.313 e. The lowest BCUT2D eigenvalue weighted by Gasteiger charge is -1.85. The molecular formula is C8H18N2. The topological polar surface area (TPSA) is 24.4 Å². The van der Waals surface area contributed by atoms with Gasteiger partial charge >= 0.3 is 0 Å². The van der Waals surface area contributed by atoms with Crippen molar-refractivity contribution in [2.75, 3.05) is 7.05 Å². The van der Waals surface area contributed by atoms with Gasteiger partial charge in [0.1, 0.15) is 0 Å². The molecule has 0 aromatic carbocycles. The van der Waals surface area contributed by atoms with Crippen LogP contribution in [0.5, 0.6) is 0 Å². The van der Waals surface area contributed by atoms with Crippen LogP contribution in [-0.4, -0.2) is 13.3 Å². The SMILES string of the molecule is C/C=C(C)\C=N/NC.CC. The van der Waals surface area contributed by atoms with Crippen LogP contribution in [-0.2, 0) is 0 Å². The highest BCUT2D eigenvalue weighted by Gasteiger charge is 1.73. The summed E-state index contributed by atoms with van der Waals surface area (Å²) in [5.41, 5.74) is 3.83. The molecule has 0 heterocycles. The van der Waals surface area contributed by atoms with Crippen molar-refractivity contribution in [3.05, 3.63) is 11.6 Å². The molecule has 1 N–H and O–H groups in total. The van der Waals surface area contributed by atoms with Gasteiger partial charge in [-0.05, 0) is 19.4 Å². The molecule has 0 bridgehead atoms. The fraction of sp³-hybridized carbons (Fsp3) is 0.625. The summed E-state index contributed by atoms with van der Waals surface area (Å²) in [5.74, 6) is 0. The van der Waals surface area contributed by atoms with E-state index in [0.717, 1.165) is 0 Å². The molecule has 60 valence electrons. The number of hydrazone groups is 1. The van der Waals surface area contributed by atoms with E-state index >= 15 is 0 Å². The van der Waals surface area contributed by atoms with Gasteiger partial charge < -0.3 is 5.43 Å². The van der Waals surface area contributed by atoms with Crippen LogP contribution >= 0.6 is 0 Å². The maximum atomic E-state index is 3.80. The van der Waals surface area contributed by atoms with Crippen LogP contribution in [0.25, 0.3) is 0 Å². The van der Waals surface area contributed by atoms with Crippen LogP contribution in [0.15, 0.2) is 16.8 Å². The molecule has 0 spiro atoms. The Hall–Kier alpha value is -0.790.